The molecule has 0 aliphatic rings. The van der Waals surface area contributed by atoms with Gasteiger partial charge in [0.25, 0.3) is 0 Å². The first-order valence-electron chi connectivity index (χ1n) is 1.84. The number of rotatable bonds is 2. The van der Waals surface area contributed by atoms with Gasteiger partial charge in [0.1, 0.15) is 0 Å². The molecule has 0 aliphatic carbocycles. The molecule has 2 N–H and O–H groups in total. The maximum absolute atomic E-state index is 9.87. The quantitative estimate of drug-likeness (QED) is 0.402. The molecule has 0 saturated carbocycles. The minimum atomic E-state index is -1.06. The molecule has 0 saturated heterocycles. The Kier molecular flexibility index (Phi) is 2.32. The van der Waals surface area contributed by atoms with Gasteiger partial charge < -0.3 is 15.4 Å². The average molecular weight is 105 g/mol. The van der Waals surface area contributed by atoms with Crippen molar-refractivity contribution in [3.05, 3.63) is 5.21 Å². The summed E-state index contributed by atoms with van der Waals surface area (Å²) in [5.74, 6) is -1.06. The highest BCUT2D eigenvalue weighted by Gasteiger charge is 1.95. The van der Waals surface area contributed by atoms with E-state index in [9.17, 15) is 10.0 Å². The van der Waals surface area contributed by atoms with E-state index in [-0.39, 0.29) is 11.6 Å². The predicted octanol–water partition coefficient (Wildman–Crippen LogP) is -1.92. The van der Waals surface area contributed by atoms with Gasteiger partial charge in [0.2, 0.25) is 0 Å². The van der Waals surface area contributed by atoms with Crippen molar-refractivity contribution in [1.29, 1.82) is 0 Å². The Balaban J connectivity index is 3.13. The predicted molar refractivity (Wildman–Crippen MR) is 22.8 cm³/mol. The van der Waals surface area contributed by atoms with Crippen LogP contribution >= 0.6 is 0 Å². The normalized spacial score (nSPS) is 13.4. The topological polar surface area (TPSA) is 64.8 Å². The van der Waals surface area contributed by atoms with Crippen LogP contribution in [0.1, 0.15) is 0 Å². The fourth-order valence-corrected chi connectivity index (χ4v) is 0.213. The first-order chi connectivity index (χ1) is 3.13. The number of hydrogen-bond donors (Lipinski definition) is 2. The average Bonchev–Trinajstić information content (AvgIpc) is 1.27. The van der Waals surface area contributed by atoms with E-state index >= 15 is 0 Å². The highest BCUT2D eigenvalue weighted by molar-refractivity contribution is 5.67. The number of hydrogen-bond acceptors (Lipinski definition) is 2. The molecule has 0 rings (SSSR count). The standard InChI is InChI=1S/C3H7NO3/c1-4(7)2-3(5)6/h4H,2H2,1H3,(H,5,6). The van der Waals surface area contributed by atoms with E-state index in [1.807, 2.05) is 0 Å². The fraction of sp³-hybridized carbons (Fsp3) is 0.667. The van der Waals surface area contributed by atoms with Crippen LogP contribution in [0.5, 0.6) is 0 Å². The lowest BCUT2D eigenvalue weighted by molar-refractivity contribution is -0.817. The van der Waals surface area contributed by atoms with Crippen molar-refractivity contribution in [2.45, 2.75) is 0 Å². The van der Waals surface area contributed by atoms with Gasteiger partial charge in [0.15, 0.2) is 6.54 Å². The van der Waals surface area contributed by atoms with Gasteiger partial charge >= 0.3 is 5.97 Å². The lowest BCUT2D eigenvalue weighted by Gasteiger charge is -2.11. The minimum absolute atomic E-state index is 0.312. The second-order valence-corrected chi connectivity index (χ2v) is 1.27. The van der Waals surface area contributed by atoms with E-state index in [0.717, 1.165) is 0 Å². The van der Waals surface area contributed by atoms with Crippen LogP contribution < -0.4 is 5.06 Å². The van der Waals surface area contributed by atoms with Gasteiger partial charge in [0.05, 0.1) is 7.05 Å². The van der Waals surface area contributed by atoms with Gasteiger partial charge in [-0.15, -0.1) is 0 Å². The summed E-state index contributed by atoms with van der Waals surface area (Å²) in [7, 11) is 1.24. The van der Waals surface area contributed by atoms with E-state index in [0.29, 0.717) is 0 Å². The minimum Gasteiger partial charge on any atom is -0.634 e. The Morgan fingerprint density at radius 2 is 2.43 bits per heavy atom. The molecule has 0 aromatic heterocycles. The van der Waals surface area contributed by atoms with Crippen molar-refractivity contribution < 1.29 is 15.0 Å². The van der Waals surface area contributed by atoms with Crippen molar-refractivity contribution in [3.63, 3.8) is 0 Å². The lowest BCUT2D eigenvalue weighted by Crippen LogP contribution is -3.04. The monoisotopic (exact) mass is 105 g/mol. The number of carboxylic acids is 1. The summed E-state index contributed by atoms with van der Waals surface area (Å²) in [5.41, 5.74) is 0. The van der Waals surface area contributed by atoms with Crippen LogP contribution in [0.2, 0.25) is 0 Å². The zero-order valence-electron chi connectivity index (χ0n) is 3.97. The van der Waals surface area contributed by atoms with Crippen LogP contribution in [0.4, 0.5) is 0 Å². The number of hydroxylamine groups is 2. The third kappa shape index (κ3) is 5.39. The van der Waals surface area contributed by atoms with Gasteiger partial charge in [-0.2, -0.15) is 0 Å². The number of carboxylic acid groups (broad SMARTS) is 1. The van der Waals surface area contributed by atoms with Gasteiger partial charge in [-0.25, -0.2) is 4.79 Å². The Hall–Kier alpha value is -0.610. The molecule has 0 aromatic rings. The van der Waals surface area contributed by atoms with Crippen LogP contribution in [-0.2, 0) is 4.79 Å². The Morgan fingerprint density at radius 1 is 2.00 bits per heavy atom. The summed E-state index contributed by atoms with van der Waals surface area (Å²) in [6, 6.07) is 0. The van der Waals surface area contributed by atoms with E-state index < -0.39 is 5.97 Å². The first kappa shape index (κ1) is 6.39. The zero-order valence-corrected chi connectivity index (χ0v) is 3.97. The second kappa shape index (κ2) is 2.54. The molecule has 0 aromatic carbocycles. The van der Waals surface area contributed by atoms with Crippen molar-refractivity contribution in [3.8, 4) is 0 Å². The third-order valence-corrected chi connectivity index (χ3v) is 0.400. The first-order valence-corrected chi connectivity index (χ1v) is 1.84. The molecule has 0 fully saturated rings. The number of quaternary nitrogens is 1. The highest BCUT2D eigenvalue weighted by Crippen LogP contribution is 1.46. The molecule has 42 valence electrons. The smallest absolute Gasteiger partial charge is 0.359 e. The second-order valence-electron chi connectivity index (χ2n) is 1.27. The maximum Gasteiger partial charge on any atom is 0.359 e. The van der Waals surface area contributed by atoms with Gasteiger partial charge in [-0.3, -0.25) is 0 Å². The molecule has 0 radical (unpaired) electrons. The van der Waals surface area contributed by atoms with E-state index in [2.05, 4.69) is 0 Å². The van der Waals surface area contributed by atoms with Crippen molar-refractivity contribution in [2.24, 2.45) is 0 Å². The molecule has 1 atom stereocenters. The summed E-state index contributed by atoms with van der Waals surface area (Å²) >= 11 is 0. The van der Waals surface area contributed by atoms with Gasteiger partial charge in [-0.05, 0) is 0 Å². The molecular weight excluding hydrogens is 98.0 g/mol. The Morgan fingerprint density at radius 3 is 2.43 bits per heavy atom. The van der Waals surface area contributed by atoms with Crippen LogP contribution in [0.15, 0.2) is 0 Å². The summed E-state index contributed by atoms with van der Waals surface area (Å²) in [4.78, 5) is 9.59. The number of aliphatic carboxylic acids is 1. The summed E-state index contributed by atoms with van der Waals surface area (Å²) in [6.45, 7) is -0.361. The van der Waals surface area contributed by atoms with Gasteiger partial charge in [-0.1, -0.05) is 0 Å². The molecule has 7 heavy (non-hydrogen) atoms. The zero-order chi connectivity index (χ0) is 5.86. The van der Waals surface area contributed by atoms with Crippen LogP contribution in [0, 0.1) is 5.21 Å². The summed E-state index contributed by atoms with van der Waals surface area (Å²) in [5, 5.41) is 17.4. The Labute approximate surface area is 40.9 Å². The van der Waals surface area contributed by atoms with Crippen LogP contribution in [0.3, 0.4) is 0 Å². The van der Waals surface area contributed by atoms with E-state index in [1.165, 1.54) is 7.05 Å². The molecule has 4 heteroatoms. The van der Waals surface area contributed by atoms with E-state index in [4.69, 9.17) is 5.11 Å². The molecule has 4 nitrogen and oxygen atoms in total. The molecular formula is C3H7NO3. The SMILES string of the molecule is C[NH+]([O-])CC(=O)O. The fourth-order valence-electron chi connectivity index (χ4n) is 0.213. The summed E-state index contributed by atoms with van der Waals surface area (Å²) in [6.07, 6.45) is 0. The molecule has 0 spiro atoms. The summed E-state index contributed by atoms with van der Waals surface area (Å²) < 4.78 is 0. The molecule has 0 amide bonds. The molecule has 0 heterocycles. The van der Waals surface area contributed by atoms with Crippen molar-refractivity contribution >= 4 is 5.97 Å². The Bertz CT molecular complexity index is 70.6. The number of nitrogens with one attached hydrogen (secondary N) is 1. The maximum atomic E-state index is 9.87. The molecule has 1 unspecified atom stereocenters. The van der Waals surface area contributed by atoms with Crippen molar-refractivity contribution in [1.82, 2.24) is 0 Å². The van der Waals surface area contributed by atoms with Crippen molar-refractivity contribution in [2.75, 3.05) is 13.6 Å². The molecule has 0 aliphatic heterocycles. The van der Waals surface area contributed by atoms with Crippen LogP contribution in [-0.4, -0.2) is 24.7 Å². The lowest BCUT2D eigenvalue weighted by atomic mass is 10.7. The highest BCUT2D eigenvalue weighted by atomic mass is 16.5. The third-order valence-electron chi connectivity index (χ3n) is 0.400. The van der Waals surface area contributed by atoms with E-state index in [1.54, 1.807) is 0 Å². The number of likely N-dealkylation sites (N-methyl/N-ethyl adjacent to an activating group) is 1. The number of carbonyl (C=O) groups is 1. The van der Waals surface area contributed by atoms with Crippen LogP contribution in [0.25, 0.3) is 0 Å². The molecule has 0 bridgehead atoms. The van der Waals surface area contributed by atoms with Gasteiger partial charge in [0, 0.05) is 0 Å². The largest absolute Gasteiger partial charge is 0.634 e.